The maximum atomic E-state index is 14.4. The highest BCUT2D eigenvalue weighted by Crippen LogP contribution is 2.34. The molecule has 0 fully saturated rings. The van der Waals surface area contributed by atoms with Crippen molar-refractivity contribution >= 4 is 50.5 Å². The molecule has 2 N–H and O–H groups in total. The van der Waals surface area contributed by atoms with Crippen molar-refractivity contribution in [3.63, 3.8) is 0 Å². The fourth-order valence-corrected chi connectivity index (χ4v) is 5.68. The summed E-state index contributed by atoms with van der Waals surface area (Å²) >= 11 is 18.4. The lowest BCUT2D eigenvalue weighted by Gasteiger charge is -2.21. The molecule has 3 aromatic rings. The van der Waals surface area contributed by atoms with Crippen LogP contribution in [-0.4, -0.2) is 21.2 Å². The average Bonchev–Trinajstić information content (AvgIpc) is 3.29. The van der Waals surface area contributed by atoms with Gasteiger partial charge in [0.05, 0.1) is 24.9 Å². The number of nitrogens with one attached hydrogen (secondary N) is 2. The number of hydrogen-bond donors (Lipinski definition) is 2. The Kier molecular flexibility index (Phi) is 7.35. The van der Waals surface area contributed by atoms with Crippen LogP contribution in [0.2, 0.25) is 15.1 Å². The maximum Gasteiger partial charge on any atom is 0.244 e. The Morgan fingerprint density at radius 3 is 2.41 bits per heavy atom. The van der Waals surface area contributed by atoms with Gasteiger partial charge in [0.2, 0.25) is 10.0 Å². The molecule has 0 saturated carbocycles. The number of halogens is 4. The second kappa shape index (κ2) is 10.1. The fourth-order valence-electron chi connectivity index (χ4n) is 3.62. The molecule has 0 saturated heterocycles. The lowest BCUT2D eigenvalue weighted by atomic mass is 9.96. The summed E-state index contributed by atoms with van der Waals surface area (Å²) in [7, 11) is -2.76. The van der Waals surface area contributed by atoms with E-state index in [4.69, 9.17) is 39.5 Å². The highest BCUT2D eigenvalue weighted by molar-refractivity contribution is 7.89. The summed E-state index contributed by atoms with van der Waals surface area (Å²) < 4.78 is 48.5. The number of ether oxygens (including phenoxy) is 1. The molecule has 0 radical (unpaired) electrons. The minimum atomic E-state index is -4.34. The second-order valence-corrected chi connectivity index (χ2v) is 10.5. The van der Waals surface area contributed by atoms with E-state index >= 15 is 0 Å². The lowest BCUT2D eigenvalue weighted by molar-refractivity contribution is 0.414. The summed E-state index contributed by atoms with van der Waals surface area (Å²) in [4.78, 5) is -0.576. The first kappa shape index (κ1) is 24.8. The molecule has 0 amide bonds. The number of nitrogens with zero attached hydrogens (tertiary/aromatic N) is 1. The van der Waals surface area contributed by atoms with Crippen LogP contribution in [0.1, 0.15) is 29.6 Å². The van der Waals surface area contributed by atoms with E-state index in [2.05, 4.69) is 15.2 Å². The predicted octanol–water partition coefficient (Wildman–Crippen LogP) is 5.90. The Balaban J connectivity index is 1.68. The number of methoxy groups -OCH3 is 1. The molecular formula is C23H19Cl3FN3O3S. The number of rotatable bonds is 7. The number of sulfonamides is 1. The highest BCUT2D eigenvalue weighted by atomic mass is 35.5. The van der Waals surface area contributed by atoms with Gasteiger partial charge in [0.1, 0.15) is 16.5 Å². The van der Waals surface area contributed by atoms with Crippen LogP contribution in [0.15, 0.2) is 70.7 Å². The van der Waals surface area contributed by atoms with Gasteiger partial charge in [-0.1, -0.05) is 53.0 Å². The Bertz CT molecular complexity index is 1350. The molecule has 1 aliphatic heterocycles. The summed E-state index contributed by atoms with van der Waals surface area (Å²) in [6, 6.07) is 14.3. The van der Waals surface area contributed by atoms with Crippen LogP contribution in [0.5, 0.6) is 5.75 Å². The third kappa shape index (κ3) is 5.31. The molecule has 3 aromatic carbocycles. The van der Waals surface area contributed by atoms with Crippen molar-refractivity contribution in [3.05, 3.63) is 92.7 Å². The summed E-state index contributed by atoms with van der Waals surface area (Å²) in [6.07, 6.45) is 0.372. The first-order chi connectivity index (χ1) is 16.2. The molecule has 2 unspecified atom stereocenters. The Hall–Kier alpha value is -2.36. The lowest BCUT2D eigenvalue weighted by Crippen LogP contribution is -2.34. The zero-order chi connectivity index (χ0) is 24.5. The van der Waals surface area contributed by atoms with Crippen LogP contribution in [0.4, 0.5) is 4.39 Å². The fraction of sp³-hybridized carbons (Fsp3) is 0.174. The predicted molar refractivity (Wildman–Crippen MR) is 132 cm³/mol. The molecule has 34 heavy (non-hydrogen) atoms. The van der Waals surface area contributed by atoms with Crippen LogP contribution < -0.4 is 14.9 Å². The minimum absolute atomic E-state index is 0.0855. The third-order valence-corrected chi connectivity index (χ3v) is 7.59. The van der Waals surface area contributed by atoms with E-state index in [9.17, 15) is 12.8 Å². The van der Waals surface area contributed by atoms with Crippen molar-refractivity contribution < 1.29 is 17.5 Å². The van der Waals surface area contributed by atoms with E-state index in [0.717, 1.165) is 17.7 Å². The highest BCUT2D eigenvalue weighted by Gasteiger charge is 2.33. The van der Waals surface area contributed by atoms with E-state index in [1.54, 1.807) is 19.2 Å². The van der Waals surface area contributed by atoms with E-state index < -0.39 is 26.8 Å². The van der Waals surface area contributed by atoms with Crippen LogP contribution in [0, 0.1) is 5.82 Å². The van der Waals surface area contributed by atoms with Gasteiger partial charge in [-0.3, -0.25) is 0 Å². The molecule has 0 bridgehead atoms. The Morgan fingerprint density at radius 1 is 1.06 bits per heavy atom. The Morgan fingerprint density at radius 2 is 1.74 bits per heavy atom. The normalized spacial score (nSPS) is 16.6. The van der Waals surface area contributed by atoms with Crippen molar-refractivity contribution in [1.82, 2.24) is 10.1 Å². The van der Waals surface area contributed by atoms with E-state index in [1.165, 1.54) is 12.1 Å². The first-order valence-corrected chi connectivity index (χ1v) is 12.7. The molecule has 0 aromatic heterocycles. The number of hydrazone groups is 1. The maximum absolute atomic E-state index is 14.4. The van der Waals surface area contributed by atoms with Gasteiger partial charge in [-0.05, 0) is 53.6 Å². The number of benzene rings is 3. The molecule has 11 heteroatoms. The Labute approximate surface area is 211 Å². The first-order valence-electron chi connectivity index (χ1n) is 10.1. The zero-order valence-corrected chi connectivity index (χ0v) is 20.8. The topological polar surface area (TPSA) is 79.8 Å². The monoisotopic (exact) mass is 541 g/mol. The van der Waals surface area contributed by atoms with Crippen molar-refractivity contribution in [2.75, 3.05) is 7.11 Å². The standard InChI is InChI=1S/C23H19Cl3FN3O3S/c1-33-16-6-2-13(3-7-16)20-12-21(29-28-20)23(17-8-4-14(24)10-18(17)26)30-34(31,32)22-11-15(25)5-9-19(22)27/h2-11,20,23,28,30H,12H2,1H3. The second-order valence-electron chi connectivity index (χ2n) is 7.56. The van der Waals surface area contributed by atoms with Gasteiger partial charge in [0, 0.05) is 21.5 Å². The van der Waals surface area contributed by atoms with E-state index in [1.807, 2.05) is 24.3 Å². The average molecular weight is 543 g/mol. The van der Waals surface area contributed by atoms with Gasteiger partial charge in [-0.25, -0.2) is 12.8 Å². The smallest absolute Gasteiger partial charge is 0.244 e. The third-order valence-electron chi connectivity index (χ3n) is 5.36. The molecule has 178 valence electrons. The van der Waals surface area contributed by atoms with E-state index in [-0.39, 0.29) is 16.1 Å². The van der Waals surface area contributed by atoms with Gasteiger partial charge in [-0.15, -0.1) is 0 Å². The summed E-state index contributed by atoms with van der Waals surface area (Å²) in [5.74, 6) is -0.217. The quantitative estimate of drug-likeness (QED) is 0.389. The van der Waals surface area contributed by atoms with E-state index in [0.29, 0.717) is 28.5 Å². The van der Waals surface area contributed by atoms with Crippen LogP contribution in [0.25, 0.3) is 0 Å². The number of hydrogen-bond acceptors (Lipinski definition) is 5. The largest absolute Gasteiger partial charge is 0.497 e. The van der Waals surface area contributed by atoms with Gasteiger partial charge in [0.15, 0.2) is 0 Å². The van der Waals surface area contributed by atoms with Crippen molar-refractivity contribution in [1.29, 1.82) is 0 Å². The molecule has 1 aliphatic rings. The molecule has 0 spiro atoms. The van der Waals surface area contributed by atoms with Crippen molar-refractivity contribution in [2.24, 2.45) is 5.10 Å². The molecular weight excluding hydrogens is 524 g/mol. The van der Waals surface area contributed by atoms with Gasteiger partial charge < -0.3 is 10.2 Å². The molecule has 2 atom stereocenters. The SMILES string of the molecule is COc1ccc(C2CC(C(NS(=O)(=O)c3cc(Cl)ccc3F)c3ccc(Cl)cc3Cl)=NN2)cc1. The van der Waals surface area contributed by atoms with Crippen LogP contribution in [-0.2, 0) is 10.0 Å². The summed E-state index contributed by atoms with van der Waals surface area (Å²) in [5.41, 5.74) is 4.86. The van der Waals surface area contributed by atoms with Crippen molar-refractivity contribution in [3.8, 4) is 5.75 Å². The van der Waals surface area contributed by atoms with Gasteiger partial charge in [-0.2, -0.15) is 9.82 Å². The van der Waals surface area contributed by atoms with Crippen molar-refractivity contribution in [2.45, 2.75) is 23.4 Å². The molecule has 4 rings (SSSR count). The zero-order valence-electron chi connectivity index (χ0n) is 17.7. The molecule has 0 aliphatic carbocycles. The molecule has 6 nitrogen and oxygen atoms in total. The van der Waals surface area contributed by atoms with Gasteiger partial charge >= 0.3 is 0 Å². The minimum Gasteiger partial charge on any atom is -0.497 e. The summed E-state index contributed by atoms with van der Waals surface area (Å²) in [6.45, 7) is 0. The van der Waals surface area contributed by atoms with Crippen LogP contribution >= 0.6 is 34.8 Å². The van der Waals surface area contributed by atoms with Gasteiger partial charge in [0.25, 0.3) is 0 Å². The molecule has 1 heterocycles. The summed E-state index contributed by atoms with van der Waals surface area (Å²) in [5, 5.41) is 5.10. The van der Waals surface area contributed by atoms with Crippen LogP contribution in [0.3, 0.4) is 0 Å².